The Morgan fingerprint density at radius 2 is 2.11 bits per heavy atom. The largest absolute Gasteiger partial charge is 0.336 e. The lowest BCUT2D eigenvalue weighted by molar-refractivity contribution is 0.623. The molecule has 0 saturated heterocycles. The van der Waals surface area contributed by atoms with E-state index >= 15 is 0 Å². The van der Waals surface area contributed by atoms with Crippen LogP contribution in [0.25, 0.3) is 0 Å². The van der Waals surface area contributed by atoms with Gasteiger partial charge in [-0.3, -0.25) is 9.98 Å². The molecule has 2 aromatic rings. The van der Waals surface area contributed by atoms with Crippen LogP contribution >= 0.6 is 0 Å². The first kappa shape index (κ1) is 10.9. The number of rotatable bonds is 1. The summed E-state index contributed by atoms with van der Waals surface area (Å²) in [7, 11) is 0. The minimum atomic E-state index is -0.246. The molecule has 1 aliphatic rings. The Labute approximate surface area is 104 Å². The number of nitrogens with one attached hydrogen (secondary N) is 1. The molecule has 1 aliphatic heterocycles. The molecule has 0 spiro atoms. The third-order valence-corrected chi connectivity index (χ3v) is 2.97. The molecule has 1 aromatic heterocycles. The molecule has 0 aliphatic carbocycles. The normalized spacial score (nSPS) is 13.1. The number of aromatic nitrogens is 1. The van der Waals surface area contributed by atoms with E-state index in [1.165, 1.54) is 0 Å². The summed E-state index contributed by atoms with van der Waals surface area (Å²) in [6, 6.07) is 9.11. The summed E-state index contributed by atoms with van der Waals surface area (Å²) in [5.74, 6) is 0.389. The van der Waals surface area contributed by atoms with Gasteiger partial charge in [-0.05, 0) is 24.6 Å². The lowest BCUT2D eigenvalue weighted by Crippen LogP contribution is -2.14. The van der Waals surface area contributed by atoms with Crippen LogP contribution in [0.2, 0.25) is 0 Å². The maximum atomic E-state index is 13.9. The second-order valence-electron chi connectivity index (χ2n) is 4.24. The highest BCUT2D eigenvalue weighted by molar-refractivity contribution is 6.09. The summed E-state index contributed by atoms with van der Waals surface area (Å²) >= 11 is 0. The van der Waals surface area contributed by atoms with Crippen molar-refractivity contribution in [3.05, 3.63) is 59.2 Å². The molecule has 0 fully saturated rings. The Morgan fingerprint density at radius 1 is 1.22 bits per heavy atom. The van der Waals surface area contributed by atoms with Crippen LogP contribution in [0, 0.1) is 12.7 Å². The zero-order valence-corrected chi connectivity index (χ0v) is 9.94. The molecule has 2 heterocycles. The van der Waals surface area contributed by atoms with Crippen molar-refractivity contribution in [2.24, 2.45) is 4.99 Å². The van der Waals surface area contributed by atoms with Gasteiger partial charge in [-0.15, -0.1) is 0 Å². The van der Waals surface area contributed by atoms with Crippen molar-refractivity contribution in [1.29, 1.82) is 0 Å². The van der Waals surface area contributed by atoms with Gasteiger partial charge in [-0.1, -0.05) is 18.2 Å². The first-order valence-corrected chi connectivity index (χ1v) is 5.76. The number of anilines is 1. The van der Waals surface area contributed by atoms with Crippen LogP contribution in [0.4, 0.5) is 10.1 Å². The van der Waals surface area contributed by atoms with Gasteiger partial charge in [0.25, 0.3) is 0 Å². The Bertz CT molecular complexity index is 635. The number of aryl methyl sites for hydroxylation is 1. The van der Waals surface area contributed by atoms with Crippen molar-refractivity contribution in [1.82, 2.24) is 4.98 Å². The predicted octanol–water partition coefficient (Wildman–Crippen LogP) is 2.90. The van der Waals surface area contributed by atoms with E-state index in [1.54, 1.807) is 25.3 Å². The van der Waals surface area contributed by atoms with Crippen molar-refractivity contribution in [2.75, 3.05) is 5.32 Å². The van der Waals surface area contributed by atoms with E-state index < -0.39 is 0 Å². The molecule has 0 amide bonds. The summed E-state index contributed by atoms with van der Waals surface area (Å²) in [6.45, 7) is 2.34. The standard InChI is InChI=1S/C14H12FN3/c1-9-4-2-6-11(12(9)15)18-14-13-10(8-17-14)5-3-7-16-13/h2-7H,8H2,1H3,(H,17,18). The van der Waals surface area contributed by atoms with Crippen LogP contribution in [-0.2, 0) is 6.54 Å². The van der Waals surface area contributed by atoms with Crippen LogP contribution in [0.15, 0.2) is 41.5 Å². The molecule has 0 atom stereocenters. The number of amidine groups is 1. The van der Waals surface area contributed by atoms with Crippen molar-refractivity contribution in [3.8, 4) is 0 Å². The number of hydrogen-bond acceptors (Lipinski definition) is 3. The lowest BCUT2D eigenvalue weighted by atomic mass is 10.2. The molecule has 90 valence electrons. The third-order valence-electron chi connectivity index (χ3n) is 2.97. The van der Waals surface area contributed by atoms with Crippen LogP contribution in [-0.4, -0.2) is 10.8 Å². The molecule has 0 bridgehead atoms. The average Bonchev–Trinajstić information content (AvgIpc) is 2.79. The Kier molecular flexibility index (Phi) is 2.55. The maximum absolute atomic E-state index is 13.9. The highest BCUT2D eigenvalue weighted by Gasteiger charge is 2.18. The number of aliphatic imine (C=N–C) groups is 1. The van der Waals surface area contributed by atoms with Gasteiger partial charge in [0.2, 0.25) is 0 Å². The number of halogens is 1. The molecule has 0 radical (unpaired) electrons. The second-order valence-corrected chi connectivity index (χ2v) is 4.24. The van der Waals surface area contributed by atoms with Crippen LogP contribution < -0.4 is 5.32 Å². The van der Waals surface area contributed by atoms with Gasteiger partial charge in [0.1, 0.15) is 11.5 Å². The Hall–Kier alpha value is -2.23. The Balaban J connectivity index is 1.93. The fourth-order valence-electron chi connectivity index (χ4n) is 1.99. The van der Waals surface area contributed by atoms with Crippen LogP contribution in [0.5, 0.6) is 0 Å². The summed E-state index contributed by atoms with van der Waals surface area (Å²) in [5, 5.41) is 3.02. The molecule has 0 saturated carbocycles. The van der Waals surface area contributed by atoms with E-state index in [2.05, 4.69) is 15.3 Å². The highest BCUT2D eigenvalue weighted by Crippen LogP contribution is 2.21. The van der Waals surface area contributed by atoms with Gasteiger partial charge < -0.3 is 5.32 Å². The smallest absolute Gasteiger partial charge is 0.152 e. The fraction of sp³-hybridized carbons (Fsp3) is 0.143. The molecule has 1 aromatic carbocycles. The molecule has 18 heavy (non-hydrogen) atoms. The maximum Gasteiger partial charge on any atom is 0.152 e. The minimum absolute atomic E-state index is 0.246. The van der Waals surface area contributed by atoms with E-state index in [0.29, 0.717) is 23.6 Å². The van der Waals surface area contributed by atoms with Crippen molar-refractivity contribution < 1.29 is 4.39 Å². The van der Waals surface area contributed by atoms with Gasteiger partial charge in [-0.25, -0.2) is 4.39 Å². The quantitative estimate of drug-likeness (QED) is 0.833. The molecule has 3 rings (SSSR count). The number of nitrogens with zero attached hydrogens (tertiary/aromatic N) is 2. The zero-order chi connectivity index (χ0) is 12.5. The van der Waals surface area contributed by atoms with Crippen molar-refractivity contribution in [3.63, 3.8) is 0 Å². The van der Waals surface area contributed by atoms with Crippen LogP contribution in [0.1, 0.15) is 16.8 Å². The van der Waals surface area contributed by atoms with Crippen LogP contribution in [0.3, 0.4) is 0 Å². The summed E-state index contributed by atoms with van der Waals surface area (Å²) < 4.78 is 13.9. The van der Waals surface area contributed by atoms with Crippen molar-refractivity contribution >= 4 is 11.5 Å². The summed E-state index contributed by atoms with van der Waals surface area (Å²) in [5.41, 5.74) is 2.92. The topological polar surface area (TPSA) is 37.3 Å². The predicted molar refractivity (Wildman–Crippen MR) is 69.2 cm³/mol. The van der Waals surface area contributed by atoms with E-state index in [9.17, 15) is 4.39 Å². The van der Waals surface area contributed by atoms with E-state index in [-0.39, 0.29) is 5.82 Å². The van der Waals surface area contributed by atoms with Gasteiger partial charge in [0.15, 0.2) is 5.84 Å². The first-order valence-electron chi connectivity index (χ1n) is 5.76. The summed E-state index contributed by atoms with van der Waals surface area (Å²) in [6.07, 6.45) is 1.72. The highest BCUT2D eigenvalue weighted by atomic mass is 19.1. The van der Waals surface area contributed by atoms with E-state index in [0.717, 1.165) is 11.3 Å². The number of fused-ring (bicyclic) bond motifs is 1. The van der Waals surface area contributed by atoms with Gasteiger partial charge >= 0.3 is 0 Å². The molecule has 4 heteroatoms. The first-order chi connectivity index (χ1) is 8.75. The van der Waals surface area contributed by atoms with E-state index in [1.807, 2.05) is 18.2 Å². The molecule has 0 unspecified atom stereocenters. The fourth-order valence-corrected chi connectivity index (χ4v) is 1.99. The Morgan fingerprint density at radius 3 is 3.00 bits per heavy atom. The molecule has 1 N–H and O–H groups in total. The minimum Gasteiger partial charge on any atom is -0.336 e. The van der Waals surface area contributed by atoms with Gasteiger partial charge in [0.05, 0.1) is 12.2 Å². The number of pyridine rings is 1. The zero-order valence-electron chi connectivity index (χ0n) is 9.94. The lowest BCUT2D eigenvalue weighted by Gasteiger charge is -2.09. The second kappa shape index (κ2) is 4.22. The molecular weight excluding hydrogens is 229 g/mol. The van der Waals surface area contributed by atoms with E-state index in [4.69, 9.17) is 0 Å². The average molecular weight is 241 g/mol. The monoisotopic (exact) mass is 241 g/mol. The van der Waals surface area contributed by atoms with Crippen molar-refractivity contribution in [2.45, 2.75) is 13.5 Å². The number of hydrogen-bond donors (Lipinski definition) is 1. The third kappa shape index (κ3) is 1.76. The molecular formula is C14H12FN3. The summed E-state index contributed by atoms with van der Waals surface area (Å²) in [4.78, 5) is 8.62. The van der Waals surface area contributed by atoms with Gasteiger partial charge in [0, 0.05) is 11.8 Å². The number of benzene rings is 1. The molecule has 3 nitrogen and oxygen atoms in total. The van der Waals surface area contributed by atoms with Gasteiger partial charge in [-0.2, -0.15) is 0 Å². The SMILES string of the molecule is Cc1cccc(NC2=NCc3cccnc32)c1F.